The first kappa shape index (κ1) is 17.5. The molecule has 2 rings (SSSR count). The van der Waals surface area contributed by atoms with E-state index in [0.29, 0.717) is 6.04 Å². The Balaban J connectivity index is 0.000000421. The van der Waals surface area contributed by atoms with Crippen LogP contribution in [0.2, 0.25) is 0 Å². The molecule has 1 saturated heterocycles. The topological polar surface area (TPSA) is 96.4 Å². The van der Waals surface area contributed by atoms with E-state index < -0.39 is 10.4 Å². The van der Waals surface area contributed by atoms with Crippen LogP contribution in [0.1, 0.15) is 24.4 Å². The Bertz CT molecular complexity index is 432. The van der Waals surface area contributed by atoms with E-state index in [1.54, 1.807) is 0 Å². The largest absolute Gasteiger partial charge is 2.00 e. The standard InChI is InChI=1S/C10H14N2.Cu.H2O4S/c1-12-7-3-5-10(12)9-4-2-6-11-8-9;;1-5(2,3)4/h2,4,6,8,10H,3,5,7H2,1H3;;(H2,1,2,3,4)/q;+2;/p-2. The molecule has 1 aromatic rings. The molecular formula is C10H14CuN2O4S. The van der Waals surface area contributed by atoms with E-state index in [0.717, 1.165) is 0 Å². The van der Waals surface area contributed by atoms with Crippen molar-refractivity contribution in [1.82, 2.24) is 9.88 Å². The molecule has 1 unspecified atom stereocenters. The van der Waals surface area contributed by atoms with Crippen LogP contribution in [0.15, 0.2) is 24.5 Å². The number of hydrogen-bond acceptors (Lipinski definition) is 6. The first-order valence-corrected chi connectivity index (χ1v) is 6.48. The third kappa shape index (κ3) is 7.05. The average molecular weight is 322 g/mol. The number of nitrogens with zero attached hydrogens (tertiary/aromatic N) is 2. The van der Waals surface area contributed by atoms with Crippen molar-refractivity contribution in [3.05, 3.63) is 30.1 Å². The second-order valence-electron chi connectivity index (χ2n) is 3.83. The summed E-state index contributed by atoms with van der Waals surface area (Å²) in [4.78, 5) is 6.54. The number of aromatic nitrogens is 1. The predicted octanol–water partition coefficient (Wildman–Crippen LogP) is 0.508. The molecule has 0 aliphatic carbocycles. The van der Waals surface area contributed by atoms with Crippen molar-refractivity contribution in [2.45, 2.75) is 18.9 Å². The second-order valence-corrected chi connectivity index (χ2v) is 4.65. The third-order valence-electron chi connectivity index (χ3n) is 2.59. The summed E-state index contributed by atoms with van der Waals surface area (Å²) in [6, 6.07) is 4.79. The SMILES string of the molecule is CN1CCCC1c1cccnc1.O=S(=O)([O-])[O-].[Cu+2]. The number of likely N-dealkylation sites (tertiary alicyclic amines) is 1. The Labute approximate surface area is 117 Å². The van der Waals surface area contributed by atoms with Crippen LogP contribution in [0.5, 0.6) is 0 Å². The van der Waals surface area contributed by atoms with Gasteiger partial charge in [0.1, 0.15) is 0 Å². The first-order chi connectivity index (χ1) is 7.88. The van der Waals surface area contributed by atoms with Crippen LogP contribution in [0.4, 0.5) is 0 Å². The summed E-state index contributed by atoms with van der Waals surface area (Å²) in [5.74, 6) is 0. The van der Waals surface area contributed by atoms with Gasteiger partial charge >= 0.3 is 17.1 Å². The molecule has 1 atom stereocenters. The molecule has 0 amide bonds. The molecule has 6 nitrogen and oxygen atoms in total. The van der Waals surface area contributed by atoms with E-state index in [1.807, 2.05) is 18.5 Å². The fraction of sp³-hybridized carbons (Fsp3) is 0.500. The zero-order valence-corrected chi connectivity index (χ0v) is 11.5. The van der Waals surface area contributed by atoms with Gasteiger partial charge in [0.15, 0.2) is 0 Å². The molecule has 0 saturated carbocycles. The maximum absolute atomic E-state index is 8.52. The van der Waals surface area contributed by atoms with Gasteiger partial charge in [-0.3, -0.25) is 18.3 Å². The Morgan fingerprint density at radius 2 is 2.06 bits per heavy atom. The summed E-state index contributed by atoms with van der Waals surface area (Å²) in [7, 11) is -2.98. The molecule has 0 N–H and O–H groups in total. The maximum atomic E-state index is 8.52. The summed E-state index contributed by atoms with van der Waals surface area (Å²) >= 11 is 0. The van der Waals surface area contributed by atoms with Crippen molar-refractivity contribution in [2.75, 3.05) is 13.6 Å². The van der Waals surface area contributed by atoms with Gasteiger partial charge in [0.25, 0.3) is 0 Å². The van der Waals surface area contributed by atoms with Crippen molar-refractivity contribution in [1.29, 1.82) is 0 Å². The molecule has 1 aromatic heterocycles. The second kappa shape index (κ2) is 7.83. The van der Waals surface area contributed by atoms with E-state index >= 15 is 0 Å². The Morgan fingerprint density at radius 1 is 1.44 bits per heavy atom. The third-order valence-corrected chi connectivity index (χ3v) is 2.59. The molecule has 0 spiro atoms. The molecule has 8 heteroatoms. The molecule has 105 valence electrons. The smallest absolute Gasteiger partial charge is 0.759 e. The molecule has 1 aliphatic rings. The van der Waals surface area contributed by atoms with Crippen LogP contribution < -0.4 is 0 Å². The molecule has 1 aliphatic heterocycles. The van der Waals surface area contributed by atoms with Crippen LogP contribution in [0.3, 0.4) is 0 Å². The van der Waals surface area contributed by atoms with Crippen LogP contribution in [-0.4, -0.2) is 41.0 Å². The molecule has 0 bridgehead atoms. The van der Waals surface area contributed by atoms with E-state index in [-0.39, 0.29) is 17.1 Å². The van der Waals surface area contributed by atoms with Crippen molar-refractivity contribution >= 4 is 10.4 Å². The molecule has 1 fully saturated rings. The predicted molar refractivity (Wildman–Crippen MR) is 59.3 cm³/mol. The average Bonchev–Trinajstić information content (AvgIpc) is 2.63. The Morgan fingerprint density at radius 3 is 2.44 bits per heavy atom. The van der Waals surface area contributed by atoms with Gasteiger partial charge in [-0.15, -0.1) is 0 Å². The van der Waals surface area contributed by atoms with E-state index in [4.69, 9.17) is 17.5 Å². The molecular weight excluding hydrogens is 308 g/mol. The molecule has 18 heavy (non-hydrogen) atoms. The van der Waals surface area contributed by atoms with Crippen molar-refractivity contribution in [3.63, 3.8) is 0 Å². The minimum absolute atomic E-state index is 0. The molecule has 0 aromatic carbocycles. The minimum Gasteiger partial charge on any atom is -0.759 e. The van der Waals surface area contributed by atoms with Gasteiger partial charge in [0.05, 0.1) is 0 Å². The Hall–Kier alpha value is -0.501. The van der Waals surface area contributed by atoms with Crippen LogP contribution in [-0.2, 0) is 27.5 Å². The van der Waals surface area contributed by atoms with Crippen LogP contribution in [0, 0.1) is 0 Å². The fourth-order valence-corrected chi connectivity index (χ4v) is 1.90. The van der Waals surface area contributed by atoms with Crippen LogP contribution >= 0.6 is 0 Å². The monoisotopic (exact) mass is 321 g/mol. The molecule has 2 heterocycles. The summed E-state index contributed by atoms with van der Waals surface area (Å²) < 4.78 is 34.1. The quantitative estimate of drug-likeness (QED) is 0.425. The van der Waals surface area contributed by atoms with E-state index in [1.165, 1.54) is 24.9 Å². The maximum Gasteiger partial charge on any atom is 2.00 e. The van der Waals surface area contributed by atoms with Gasteiger partial charge in [-0.2, -0.15) is 0 Å². The van der Waals surface area contributed by atoms with E-state index in [9.17, 15) is 0 Å². The number of hydrogen-bond donors (Lipinski definition) is 0. The van der Waals surface area contributed by atoms with Crippen molar-refractivity contribution < 1.29 is 34.6 Å². The van der Waals surface area contributed by atoms with Gasteiger partial charge < -0.3 is 9.11 Å². The number of pyridine rings is 1. The summed E-state index contributed by atoms with van der Waals surface area (Å²) in [5.41, 5.74) is 1.36. The summed E-state index contributed by atoms with van der Waals surface area (Å²) in [6.45, 7) is 1.22. The van der Waals surface area contributed by atoms with Crippen molar-refractivity contribution in [3.8, 4) is 0 Å². The molecule has 1 radical (unpaired) electrons. The van der Waals surface area contributed by atoms with Crippen molar-refractivity contribution in [2.24, 2.45) is 0 Å². The van der Waals surface area contributed by atoms with Gasteiger partial charge in [-0.05, 0) is 38.1 Å². The number of rotatable bonds is 1. The first-order valence-electron chi connectivity index (χ1n) is 5.15. The van der Waals surface area contributed by atoms with E-state index in [2.05, 4.69) is 23.0 Å². The normalized spacial score (nSPS) is 19.6. The minimum atomic E-state index is -5.17. The van der Waals surface area contributed by atoms with Gasteiger partial charge in [0.2, 0.25) is 0 Å². The van der Waals surface area contributed by atoms with Gasteiger partial charge in [-0.25, -0.2) is 0 Å². The zero-order valence-electron chi connectivity index (χ0n) is 9.75. The van der Waals surface area contributed by atoms with Gasteiger partial charge in [0, 0.05) is 28.8 Å². The van der Waals surface area contributed by atoms with Crippen LogP contribution in [0.25, 0.3) is 0 Å². The zero-order chi connectivity index (χ0) is 12.9. The Kier molecular flexibility index (Phi) is 7.61. The fourth-order valence-electron chi connectivity index (χ4n) is 1.90. The summed E-state index contributed by atoms with van der Waals surface area (Å²) in [5, 5.41) is 0. The summed E-state index contributed by atoms with van der Waals surface area (Å²) in [6.07, 6.45) is 6.41. The van der Waals surface area contributed by atoms with Gasteiger partial charge in [-0.1, -0.05) is 6.07 Å².